The normalized spacial score (nSPS) is 10.3. The van der Waals surface area contributed by atoms with Crippen LogP contribution in [0.4, 0.5) is 0 Å². The molecule has 0 spiro atoms. The molecular weight excluding hydrogens is 270 g/mol. The van der Waals surface area contributed by atoms with Crippen molar-refractivity contribution in [2.75, 3.05) is 0 Å². The summed E-state index contributed by atoms with van der Waals surface area (Å²) in [6.45, 7) is 0. The van der Waals surface area contributed by atoms with Crippen molar-refractivity contribution in [2.45, 2.75) is 0 Å². The standard InChI is InChI=1S/C15H11N3O3/c19-15(20)14-12(21-13-8-4-5-9-16-13)10-18(17-14)11-6-2-1-3-7-11/h1-10H,(H,19,20). The van der Waals surface area contributed by atoms with E-state index >= 15 is 0 Å². The average molecular weight is 281 g/mol. The van der Waals surface area contributed by atoms with E-state index in [4.69, 9.17) is 4.74 Å². The molecule has 6 heteroatoms. The van der Waals surface area contributed by atoms with Gasteiger partial charge in [0, 0.05) is 12.3 Å². The third kappa shape index (κ3) is 2.74. The molecule has 0 saturated heterocycles. The number of ether oxygens (including phenoxy) is 1. The van der Waals surface area contributed by atoms with Crippen LogP contribution in [0.2, 0.25) is 0 Å². The first-order valence-electron chi connectivity index (χ1n) is 6.21. The largest absolute Gasteiger partial charge is 0.476 e. The molecule has 6 nitrogen and oxygen atoms in total. The minimum Gasteiger partial charge on any atom is -0.476 e. The Labute approximate surface area is 120 Å². The first kappa shape index (κ1) is 12.9. The fourth-order valence-electron chi connectivity index (χ4n) is 1.81. The number of benzene rings is 1. The van der Waals surface area contributed by atoms with Gasteiger partial charge in [-0.05, 0) is 18.2 Å². The third-order valence-electron chi connectivity index (χ3n) is 2.76. The van der Waals surface area contributed by atoms with Crippen LogP contribution in [0.25, 0.3) is 5.69 Å². The Bertz CT molecular complexity index is 754. The number of pyridine rings is 1. The van der Waals surface area contributed by atoms with Crippen molar-refractivity contribution in [3.05, 3.63) is 66.6 Å². The number of carboxylic acids is 1. The zero-order chi connectivity index (χ0) is 14.7. The number of nitrogens with zero attached hydrogens (tertiary/aromatic N) is 3. The summed E-state index contributed by atoms with van der Waals surface area (Å²) in [5, 5.41) is 13.3. The number of hydrogen-bond donors (Lipinski definition) is 1. The van der Waals surface area contributed by atoms with Gasteiger partial charge in [-0.25, -0.2) is 14.5 Å². The molecule has 3 aromatic rings. The van der Waals surface area contributed by atoms with Crippen LogP contribution in [-0.4, -0.2) is 25.8 Å². The lowest BCUT2D eigenvalue weighted by Crippen LogP contribution is -2.02. The van der Waals surface area contributed by atoms with Gasteiger partial charge < -0.3 is 9.84 Å². The summed E-state index contributed by atoms with van der Waals surface area (Å²) in [5.41, 5.74) is 0.584. The van der Waals surface area contributed by atoms with Gasteiger partial charge in [0.15, 0.2) is 5.75 Å². The molecule has 2 heterocycles. The molecule has 1 aromatic carbocycles. The van der Waals surface area contributed by atoms with E-state index in [1.54, 1.807) is 24.4 Å². The number of carboxylic acid groups (broad SMARTS) is 1. The van der Waals surface area contributed by atoms with Gasteiger partial charge in [-0.1, -0.05) is 24.3 Å². The number of hydrogen-bond acceptors (Lipinski definition) is 4. The lowest BCUT2D eigenvalue weighted by Gasteiger charge is -2.01. The number of para-hydroxylation sites is 1. The van der Waals surface area contributed by atoms with Gasteiger partial charge in [-0.3, -0.25) is 0 Å². The first-order chi connectivity index (χ1) is 10.2. The summed E-state index contributed by atoms with van der Waals surface area (Å²) in [7, 11) is 0. The van der Waals surface area contributed by atoms with Crippen molar-refractivity contribution in [3.8, 4) is 17.3 Å². The van der Waals surface area contributed by atoms with Gasteiger partial charge in [0.1, 0.15) is 0 Å². The molecule has 104 valence electrons. The number of aromatic carboxylic acids is 1. The highest BCUT2D eigenvalue weighted by atomic mass is 16.5. The van der Waals surface area contributed by atoms with Crippen molar-refractivity contribution < 1.29 is 14.6 Å². The third-order valence-corrected chi connectivity index (χ3v) is 2.76. The van der Waals surface area contributed by atoms with Crippen LogP contribution in [0.3, 0.4) is 0 Å². The Morgan fingerprint density at radius 2 is 1.86 bits per heavy atom. The van der Waals surface area contributed by atoms with Crippen LogP contribution >= 0.6 is 0 Å². The molecule has 0 saturated carbocycles. The van der Waals surface area contributed by atoms with E-state index in [9.17, 15) is 9.90 Å². The predicted octanol–water partition coefficient (Wildman–Crippen LogP) is 2.76. The fraction of sp³-hybridized carbons (Fsp3) is 0. The van der Waals surface area contributed by atoms with E-state index in [1.807, 2.05) is 30.3 Å². The molecule has 0 atom stereocenters. The zero-order valence-electron chi connectivity index (χ0n) is 10.9. The minimum atomic E-state index is -1.16. The van der Waals surface area contributed by atoms with Crippen molar-refractivity contribution in [2.24, 2.45) is 0 Å². The summed E-state index contributed by atoms with van der Waals surface area (Å²) < 4.78 is 6.96. The predicted molar refractivity (Wildman–Crippen MR) is 74.8 cm³/mol. The monoisotopic (exact) mass is 281 g/mol. The maximum atomic E-state index is 11.3. The maximum absolute atomic E-state index is 11.3. The highest BCUT2D eigenvalue weighted by Crippen LogP contribution is 2.24. The molecule has 0 radical (unpaired) electrons. The molecule has 0 bridgehead atoms. The molecule has 2 aromatic heterocycles. The SMILES string of the molecule is O=C(O)c1nn(-c2ccccc2)cc1Oc1ccccn1. The summed E-state index contributed by atoms with van der Waals surface area (Å²) in [6, 6.07) is 14.4. The summed E-state index contributed by atoms with van der Waals surface area (Å²) in [6.07, 6.45) is 3.09. The van der Waals surface area contributed by atoms with E-state index in [2.05, 4.69) is 10.1 Å². The van der Waals surface area contributed by atoms with Crippen LogP contribution in [-0.2, 0) is 0 Å². The minimum absolute atomic E-state index is 0.144. The van der Waals surface area contributed by atoms with E-state index < -0.39 is 5.97 Å². The average Bonchev–Trinajstić information content (AvgIpc) is 2.93. The van der Waals surface area contributed by atoms with E-state index in [0.717, 1.165) is 5.69 Å². The van der Waals surface area contributed by atoms with Crippen molar-refractivity contribution in [1.82, 2.24) is 14.8 Å². The topological polar surface area (TPSA) is 77.2 Å². The number of aromatic nitrogens is 3. The van der Waals surface area contributed by atoms with Gasteiger partial charge >= 0.3 is 5.97 Å². The van der Waals surface area contributed by atoms with Crippen molar-refractivity contribution in [3.63, 3.8) is 0 Å². The zero-order valence-corrected chi connectivity index (χ0v) is 10.9. The molecule has 0 fully saturated rings. The van der Waals surface area contributed by atoms with Crippen molar-refractivity contribution >= 4 is 5.97 Å². The van der Waals surface area contributed by atoms with Gasteiger partial charge in [-0.2, -0.15) is 5.10 Å². The Hall–Kier alpha value is -3.15. The highest BCUT2D eigenvalue weighted by molar-refractivity contribution is 5.88. The maximum Gasteiger partial charge on any atom is 0.360 e. The van der Waals surface area contributed by atoms with Crippen LogP contribution in [0.5, 0.6) is 11.6 Å². The van der Waals surface area contributed by atoms with Crippen LogP contribution in [0.15, 0.2) is 60.9 Å². The quantitative estimate of drug-likeness (QED) is 0.795. The molecule has 0 aliphatic heterocycles. The Morgan fingerprint density at radius 1 is 1.10 bits per heavy atom. The van der Waals surface area contributed by atoms with Gasteiger partial charge in [-0.15, -0.1) is 0 Å². The summed E-state index contributed by atoms with van der Waals surface area (Å²) >= 11 is 0. The Kier molecular flexibility index (Phi) is 3.34. The molecule has 21 heavy (non-hydrogen) atoms. The molecule has 3 rings (SSSR count). The second kappa shape index (κ2) is 5.46. The lowest BCUT2D eigenvalue weighted by atomic mass is 10.3. The van der Waals surface area contributed by atoms with Crippen molar-refractivity contribution in [1.29, 1.82) is 0 Å². The lowest BCUT2D eigenvalue weighted by molar-refractivity contribution is 0.0687. The second-order valence-corrected chi connectivity index (χ2v) is 4.20. The summed E-state index contributed by atoms with van der Waals surface area (Å²) in [4.78, 5) is 15.3. The highest BCUT2D eigenvalue weighted by Gasteiger charge is 2.18. The van der Waals surface area contributed by atoms with Crippen LogP contribution in [0.1, 0.15) is 10.5 Å². The van der Waals surface area contributed by atoms with Gasteiger partial charge in [0.2, 0.25) is 11.6 Å². The van der Waals surface area contributed by atoms with Gasteiger partial charge in [0.25, 0.3) is 0 Å². The fourth-order valence-corrected chi connectivity index (χ4v) is 1.81. The Morgan fingerprint density at radius 3 is 2.52 bits per heavy atom. The molecule has 0 aliphatic rings. The van der Waals surface area contributed by atoms with Crippen LogP contribution < -0.4 is 4.74 Å². The second-order valence-electron chi connectivity index (χ2n) is 4.20. The molecular formula is C15H11N3O3. The smallest absolute Gasteiger partial charge is 0.360 e. The number of carbonyl (C=O) groups is 1. The molecule has 1 N–H and O–H groups in total. The molecule has 0 unspecified atom stereocenters. The molecule has 0 amide bonds. The van der Waals surface area contributed by atoms with E-state index in [0.29, 0.717) is 5.88 Å². The Balaban J connectivity index is 2.00. The van der Waals surface area contributed by atoms with E-state index in [1.165, 1.54) is 10.9 Å². The van der Waals surface area contributed by atoms with Crippen LogP contribution in [0, 0.1) is 0 Å². The van der Waals surface area contributed by atoms with Gasteiger partial charge in [0.05, 0.1) is 11.9 Å². The first-order valence-corrected chi connectivity index (χ1v) is 6.21. The van der Waals surface area contributed by atoms with E-state index in [-0.39, 0.29) is 11.4 Å². The number of rotatable bonds is 4. The summed E-state index contributed by atoms with van der Waals surface area (Å²) in [5.74, 6) is -0.701. The molecule has 0 aliphatic carbocycles.